The fourth-order valence-electron chi connectivity index (χ4n) is 10.0. The van der Waals surface area contributed by atoms with E-state index in [-0.39, 0.29) is 53.6 Å². The number of aromatic nitrogens is 12. The van der Waals surface area contributed by atoms with Crippen LogP contribution in [0.2, 0.25) is 0 Å². The molecule has 0 radical (unpaired) electrons. The molecule has 0 saturated heterocycles. The summed E-state index contributed by atoms with van der Waals surface area (Å²) in [5.74, 6) is -4.12. The summed E-state index contributed by atoms with van der Waals surface area (Å²) in [5, 5.41) is 29.3. The van der Waals surface area contributed by atoms with Gasteiger partial charge in [0.15, 0.2) is 17.1 Å². The average Bonchev–Trinajstić information content (AvgIpc) is 1.64. The van der Waals surface area contributed by atoms with Crippen LogP contribution in [0.15, 0.2) is 171 Å². The number of esters is 3. The lowest BCUT2D eigenvalue weighted by Crippen LogP contribution is -2.27. The highest BCUT2D eigenvalue weighted by molar-refractivity contribution is 9.11. The summed E-state index contributed by atoms with van der Waals surface area (Å²) in [7, 11) is 0. The first-order chi connectivity index (χ1) is 52.8. The van der Waals surface area contributed by atoms with Crippen molar-refractivity contribution in [2.24, 2.45) is 32.9 Å². The van der Waals surface area contributed by atoms with E-state index in [2.05, 4.69) is 134 Å². The number of rotatable bonds is 15. The zero-order valence-electron chi connectivity index (χ0n) is 61.6. The zero-order valence-corrected chi connectivity index (χ0v) is 68.0. The number of carboxylic acid groups (broad SMARTS) is 1. The van der Waals surface area contributed by atoms with Crippen molar-refractivity contribution in [1.82, 2.24) is 59.2 Å². The largest absolute Gasteiger partial charge is 0.480 e. The van der Waals surface area contributed by atoms with Crippen LogP contribution in [0.25, 0.3) is 37.6 Å². The van der Waals surface area contributed by atoms with E-state index in [1.165, 1.54) is 33.0 Å². The van der Waals surface area contributed by atoms with E-state index in [1.54, 1.807) is 133 Å². The first-order valence-corrected chi connectivity index (χ1v) is 36.7. The third-order valence-electron chi connectivity index (χ3n) is 14.2. The van der Waals surface area contributed by atoms with E-state index >= 15 is 0 Å². The number of halogens is 4. The quantitative estimate of drug-likeness (QED) is 0.0204. The second kappa shape index (κ2) is 39.3. The molecular weight excluding hydrogens is 1710 g/mol. The van der Waals surface area contributed by atoms with E-state index < -0.39 is 52.7 Å². The van der Waals surface area contributed by atoms with Crippen LogP contribution in [0.5, 0.6) is 0 Å². The Morgan fingerprint density at radius 1 is 0.473 bits per heavy atom. The zero-order chi connectivity index (χ0) is 82.4. The number of ether oxygens (including phenoxy) is 3. The minimum absolute atomic E-state index is 0.0224. The van der Waals surface area contributed by atoms with Crippen LogP contribution in [0.4, 0.5) is 28.4 Å². The lowest BCUT2D eigenvalue weighted by molar-refractivity contribution is -0.156. The van der Waals surface area contributed by atoms with Crippen LogP contribution >= 0.6 is 63.7 Å². The van der Waals surface area contributed by atoms with Gasteiger partial charge >= 0.3 is 23.9 Å². The number of carbonyl (C=O) groups excluding carboxylic acids is 7. The Kier molecular flexibility index (Phi) is 30.5. The fraction of sp³-hybridized carbons (Fsp3) is 0.243. The predicted octanol–water partition coefficient (Wildman–Crippen LogP) is 10.7. The lowest BCUT2D eigenvalue weighted by Gasteiger charge is -2.19. The third-order valence-corrected chi connectivity index (χ3v) is 16.1. The molecule has 34 nitrogen and oxygen atoms in total. The van der Waals surface area contributed by atoms with E-state index in [4.69, 9.17) is 54.6 Å². The number of carboxylic acids is 1. The summed E-state index contributed by atoms with van der Waals surface area (Å²) in [5.41, 5.74) is 34.7. The van der Waals surface area contributed by atoms with Gasteiger partial charge in [-0.05, 0) is 152 Å². The third kappa shape index (κ3) is 26.5. The number of primary amides is 4. The van der Waals surface area contributed by atoms with Crippen LogP contribution in [0, 0.1) is 6.57 Å². The van der Waals surface area contributed by atoms with Crippen molar-refractivity contribution in [3.05, 3.63) is 211 Å². The molecule has 2 aliphatic rings. The van der Waals surface area contributed by atoms with Crippen LogP contribution < -0.4 is 39.3 Å². The van der Waals surface area contributed by atoms with Crippen molar-refractivity contribution in [3.63, 3.8) is 0 Å². The summed E-state index contributed by atoms with van der Waals surface area (Å²) in [4.78, 5) is 126. The molecule has 582 valence electrons. The second-order valence-electron chi connectivity index (χ2n) is 26.6. The molecule has 0 bridgehead atoms. The number of amides is 4. The highest BCUT2D eigenvalue weighted by Gasteiger charge is 2.25. The lowest BCUT2D eigenvalue weighted by atomic mass is 10.1. The number of alkyl halides is 1. The number of fused-ring (bicyclic) bond motifs is 5. The number of nitrogens with one attached hydrogen (secondary N) is 2. The van der Waals surface area contributed by atoms with E-state index in [1.807, 2.05) is 57.2 Å². The molecule has 13 N–H and O–H groups in total. The number of hydrogen-bond acceptors (Lipinski definition) is 25. The summed E-state index contributed by atoms with van der Waals surface area (Å²) in [6, 6.07) is 27.3. The second-order valence-corrected chi connectivity index (χ2v) is 29.9. The standard InChI is InChI=1S/C18H20N6O3.C14H16BrN3O3.C14H12N6O3.C9H7BrN2O.C9H5BrN2.C6H11BrO2.C4H5N3/c1-18(2,3)27-15(25)9-24-14-5-4-11(22-12-7-20-10-21-8-12)6-13(14)16(23-24)17(19)26;1-14(2,3)21-11(19)7-18-10-5-4-8(15)6-9(10)12(17-18)13(16)20;15-14(23)13-10-3-8(18-9-4-16-7-17-5-9)1-2-11(10)20(19-13)6-12(21)22;10-6-2-1-5-4-12-8(9(11)13)7(5)3-6;1-11-9-8-4-7(10)3-2-6(8)5-12-9;1-6(2,3)9-5(8)4-7;5-4-1-6-3-7-2-4/h4-8,10,22H,9H2,1-3H3,(H2,19,26);4-6H,7H2,1-3H3,(H2,16,20);1-5,7,18H,6H2,(H2,15,23)(H,21,22);1-3H,4H2,(H2,11,13);2-4H,5H2;4H2,1-3H3;1-3H,5H2. The summed E-state index contributed by atoms with van der Waals surface area (Å²) >= 11 is 13.0. The molecule has 38 heteroatoms. The number of nitrogen functional groups attached to an aromatic ring is 1. The van der Waals surface area contributed by atoms with Gasteiger partial charge in [-0.25, -0.2) is 29.9 Å². The van der Waals surface area contributed by atoms with Crippen LogP contribution in [-0.2, 0) is 70.9 Å². The molecule has 112 heavy (non-hydrogen) atoms. The minimum atomic E-state index is -1.06. The van der Waals surface area contributed by atoms with Crippen LogP contribution in [-0.4, -0.2) is 146 Å². The molecule has 0 fully saturated rings. The Hall–Kier alpha value is -12.3. The number of nitrogens with zero attached hydrogens (tertiary/aromatic N) is 15. The summed E-state index contributed by atoms with van der Waals surface area (Å²) in [6.07, 6.45) is 13.8. The van der Waals surface area contributed by atoms with Gasteiger partial charge < -0.3 is 63.5 Å². The number of amidine groups is 1. The highest BCUT2D eigenvalue weighted by Crippen LogP contribution is 2.30. The van der Waals surface area contributed by atoms with Crippen LogP contribution in [0.1, 0.15) is 116 Å². The fourth-order valence-corrected chi connectivity index (χ4v) is 11.2. The van der Waals surface area contributed by atoms with Gasteiger partial charge in [0.2, 0.25) is 0 Å². The van der Waals surface area contributed by atoms with Gasteiger partial charge in [0.25, 0.3) is 29.5 Å². The van der Waals surface area contributed by atoms with Crippen molar-refractivity contribution in [2.45, 2.75) is 112 Å². The molecule has 0 atom stereocenters. The van der Waals surface area contributed by atoms with E-state index in [0.29, 0.717) is 85.8 Å². The molecule has 0 unspecified atom stereocenters. The Labute approximate surface area is 674 Å². The number of benzene rings is 5. The van der Waals surface area contributed by atoms with Crippen molar-refractivity contribution >= 4 is 184 Å². The topological polar surface area (TPSA) is 499 Å². The van der Waals surface area contributed by atoms with Gasteiger partial charge in [-0.15, -0.1) is 0 Å². The smallest absolute Gasteiger partial charge is 0.328 e. The molecule has 0 saturated carbocycles. The van der Waals surface area contributed by atoms with Gasteiger partial charge in [0.05, 0.1) is 77.3 Å². The maximum Gasteiger partial charge on any atom is 0.328 e. The van der Waals surface area contributed by atoms with Crippen molar-refractivity contribution in [3.8, 4) is 0 Å². The van der Waals surface area contributed by atoms with Gasteiger partial charge in [0, 0.05) is 52.1 Å². The molecule has 13 rings (SSSR count). The maximum absolute atomic E-state index is 12.1. The monoisotopic (exact) mass is 1780 g/mol. The molecule has 11 aromatic rings. The van der Waals surface area contributed by atoms with Gasteiger partial charge in [0.1, 0.15) is 73.0 Å². The van der Waals surface area contributed by atoms with Crippen LogP contribution in [0.3, 0.4) is 0 Å². The van der Waals surface area contributed by atoms with E-state index in [9.17, 15) is 38.4 Å². The molecular formula is C74H76Br4N22O12. The highest BCUT2D eigenvalue weighted by atomic mass is 79.9. The molecule has 5 aromatic carbocycles. The first kappa shape index (κ1) is 86.9. The Morgan fingerprint density at radius 3 is 1.20 bits per heavy atom. The van der Waals surface area contributed by atoms with Gasteiger partial charge in [-0.3, -0.25) is 57.4 Å². The molecule has 0 spiro atoms. The number of carbonyl (C=O) groups is 8. The van der Waals surface area contributed by atoms with Gasteiger partial charge in [-0.2, -0.15) is 20.3 Å². The average molecular weight is 1790 g/mol. The number of hydrogen-bond donors (Lipinski definition) is 8. The number of anilines is 5. The Bertz CT molecular complexity index is 5380. The van der Waals surface area contributed by atoms with Crippen molar-refractivity contribution in [2.75, 3.05) is 21.7 Å². The Balaban J connectivity index is 0.000000189. The number of nitrogens with two attached hydrogens (primary N) is 5. The maximum atomic E-state index is 12.1. The Morgan fingerprint density at radius 2 is 0.830 bits per heavy atom. The van der Waals surface area contributed by atoms with E-state index in [0.717, 1.165) is 35.7 Å². The minimum Gasteiger partial charge on any atom is -0.480 e. The first-order valence-electron chi connectivity index (χ1n) is 33.2. The summed E-state index contributed by atoms with van der Waals surface area (Å²) < 4.78 is 22.3. The normalized spacial score (nSPS) is 11.6. The molecule has 0 aliphatic carbocycles. The number of aliphatic imine (C=N–C) groups is 2. The molecule has 6 aromatic heterocycles. The van der Waals surface area contributed by atoms with Crippen molar-refractivity contribution < 1.29 is 57.7 Å². The van der Waals surface area contributed by atoms with Crippen molar-refractivity contribution in [1.29, 1.82) is 0 Å². The SMILES string of the molecule is CC(C)(C)OC(=O)CBr.CC(C)(C)OC(=O)Cn1nc(C(N)=O)c2cc(Br)ccc21.CC(C)(C)OC(=O)Cn1nc(C(N)=O)c2cc(Nc3cncnc3)ccc21.NC(=O)C1=NCc2ccc(Br)cc21.NC(=O)c1nn(CC(=O)O)c2ccc(Nc3cncnc3)cc12.Nc1cncnc1.[C-]#[N+]C1=NCc2ccc(Br)cc21. The van der Waals surface area contributed by atoms with Gasteiger partial charge in [-0.1, -0.05) is 82.4 Å². The molecule has 2 aliphatic heterocycles. The molecule has 8 heterocycles. The predicted molar refractivity (Wildman–Crippen MR) is 433 cm³/mol. The molecule has 4 amide bonds. The number of aliphatic carboxylic acids is 1. The summed E-state index contributed by atoms with van der Waals surface area (Å²) in [6.45, 7) is 23.8.